The molecule has 0 saturated heterocycles. The highest BCUT2D eigenvalue weighted by atomic mass is 14.2. The van der Waals surface area contributed by atoms with E-state index in [1.165, 1.54) is 33.4 Å². The normalized spacial score (nSPS) is 13.9. The number of rotatable bonds is 2. The van der Waals surface area contributed by atoms with E-state index >= 15 is 0 Å². The zero-order chi connectivity index (χ0) is 13.7. The fourth-order valence-electron chi connectivity index (χ4n) is 2.24. The highest BCUT2D eigenvalue weighted by Gasteiger charge is 2.16. The van der Waals surface area contributed by atoms with Crippen LogP contribution in [0.3, 0.4) is 0 Å². The third kappa shape index (κ3) is 3.01. The lowest BCUT2D eigenvalue weighted by molar-refractivity contribution is 1.22. The molecule has 0 bridgehead atoms. The summed E-state index contributed by atoms with van der Waals surface area (Å²) in [6.45, 7) is 14.3. The van der Waals surface area contributed by atoms with Gasteiger partial charge in [0.2, 0.25) is 0 Å². The van der Waals surface area contributed by atoms with Crippen molar-refractivity contribution in [3.05, 3.63) is 64.8 Å². The SMILES string of the molecule is C=C/C(C)=C\C1=C(C)c2ccc(C)cc2C1.CC. The van der Waals surface area contributed by atoms with Crippen LogP contribution in [0.1, 0.15) is 44.4 Å². The molecule has 0 amide bonds. The van der Waals surface area contributed by atoms with Gasteiger partial charge in [0, 0.05) is 0 Å². The van der Waals surface area contributed by atoms with Crippen molar-refractivity contribution in [3.8, 4) is 0 Å². The molecule has 1 aliphatic rings. The van der Waals surface area contributed by atoms with Gasteiger partial charge in [0.1, 0.15) is 0 Å². The van der Waals surface area contributed by atoms with Gasteiger partial charge in [-0.2, -0.15) is 0 Å². The molecule has 0 radical (unpaired) electrons. The summed E-state index contributed by atoms with van der Waals surface area (Å²) in [5, 5.41) is 0. The summed E-state index contributed by atoms with van der Waals surface area (Å²) in [7, 11) is 0. The average Bonchev–Trinajstić information content (AvgIpc) is 2.68. The first-order chi connectivity index (χ1) is 8.61. The van der Waals surface area contributed by atoms with Gasteiger partial charge >= 0.3 is 0 Å². The Morgan fingerprint density at radius 3 is 2.50 bits per heavy atom. The van der Waals surface area contributed by atoms with E-state index in [4.69, 9.17) is 0 Å². The molecule has 2 rings (SSSR count). The van der Waals surface area contributed by atoms with Crippen LogP contribution in [0, 0.1) is 6.92 Å². The largest absolute Gasteiger partial charge is 0.0988 e. The minimum atomic E-state index is 1.06. The molecule has 0 fully saturated rings. The van der Waals surface area contributed by atoms with Crippen molar-refractivity contribution >= 4 is 5.57 Å². The molecule has 0 heteroatoms. The fraction of sp³-hybridized carbons (Fsp3) is 0.333. The van der Waals surface area contributed by atoms with Gasteiger partial charge in [0.05, 0.1) is 0 Å². The van der Waals surface area contributed by atoms with Crippen LogP contribution in [0.5, 0.6) is 0 Å². The van der Waals surface area contributed by atoms with Crippen LogP contribution in [0.25, 0.3) is 5.57 Å². The number of aryl methyl sites for hydroxylation is 1. The molecule has 0 nitrogen and oxygen atoms in total. The predicted molar refractivity (Wildman–Crippen MR) is 82.8 cm³/mol. The van der Waals surface area contributed by atoms with Crippen molar-refractivity contribution in [1.29, 1.82) is 0 Å². The molecule has 0 spiro atoms. The van der Waals surface area contributed by atoms with Gasteiger partial charge in [0.15, 0.2) is 0 Å². The van der Waals surface area contributed by atoms with Gasteiger partial charge in [-0.05, 0) is 49.5 Å². The lowest BCUT2D eigenvalue weighted by atomic mass is 10.0. The predicted octanol–water partition coefficient (Wildman–Crippen LogP) is 5.48. The van der Waals surface area contributed by atoms with E-state index in [9.17, 15) is 0 Å². The smallest absolute Gasteiger partial charge is 0.00167 e. The van der Waals surface area contributed by atoms with Gasteiger partial charge in [-0.1, -0.05) is 61.9 Å². The number of hydrogen-bond donors (Lipinski definition) is 0. The van der Waals surface area contributed by atoms with Crippen LogP contribution >= 0.6 is 0 Å². The number of allylic oxidation sites excluding steroid dienone is 5. The zero-order valence-corrected chi connectivity index (χ0v) is 12.3. The lowest BCUT2D eigenvalue weighted by Gasteiger charge is -2.01. The topological polar surface area (TPSA) is 0 Å². The first-order valence-corrected chi connectivity index (χ1v) is 6.72. The lowest BCUT2D eigenvalue weighted by Crippen LogP contribution is -1.84. The summed E-state index contributed by atoms with van der Waals surface area (Å²) in [6.07, 6.45) is 5.22. The molecule has 1 aliphatic carbocycles. The highest BCUT2D eigenvalue weighted by molar-refractivity contribution is 5.77. The Morgan fingerprint density at radius 1 is 1.22 bits per heavy atom. The Morgan fingerprint density at radius 2 is 1.89 bits per heavy atom. The molecule has 1 aromatic rings. The van der Waals surface area contributed by atoms with E-state index in [-0.39, 0.29) is 0 Å². The Kier molecular flexibility index (Phi) is 5.15. The van der Waals surface area contributed by atoms with Crippen molar-refractivity contribution in [2.45, 2.75) is 41.0 Å². The quantitative estimate of drug-likeness (QED) is 0.600. The second-order valence-electron chi connectivity index (χ2n) is 4.58. The molecular weight excluding hydrogens is 216 g/mol. The monoisotopic (exact) mass is 240 g/mol. The molecule has 0 atom stereocenters. The molecular formula is C18H24. The molecule has 1 aromatic carbocycles. The summed E-state index contributed by atoms with van der Waals surface area (Å²) in [5.74, 6) is 0. The standard InChI is InChI=1S/C16H18.C2H6/c1-5-11(2)8-14-10-15-9-12(3)6-7-16(15)13(14)4;1-2/h5-9H,1,10H2,2-4H3;1-2H3/b11-8-;. The summed E-state index contributed by atoms with van der Waals surface area (Å²) in [4.78, 5) is 0. The molecule has 18 heavy (non-hydrogen) atoms. The summed E-state index contributed by atoms with van der Waals surface area (Å²) in [5.41, 5.74) is 8.29. The maximum atomic E-state index is 3.80. The Labute approximate surface area is 112 Å². The van der Waals surface area contributed by atoms with E-state index in [1.807, 2.05) is 19.9 Å². The Balaban J connectivity index is 0.000000771. The van der Waals surface area contributed by atoms with Crippen molar-refractivity contribution in [3.63, 3.8) is 0 Å². The minimum Gasteiger partial charge on any atom is -0.0988 e. The second-order valence-corrected chi connectivity index (χ2v) is 4.58. The summed E-state index contributed by atoms with van der Waals surface area (Å²) >= 11 is 0. The van der Waals surface area contributed by atoms with E-state index < -0.39 is 0 Å². The first kappa shape index (κ1) is 14.5. The van der Waals surface area contributed by atoms with Crippen molar-refractivity contribution in [2.75, 3.05) is 0 Å². The third-order valence-corrected chi connectivity index (χ3v) is 3.25. The molecule has 0 N–H and O–H groups in total. The van der Waals surface area contributed by atoms with Gasteiger partial charge < -0.3 is 0 Å². The van der Waals surface area contributed by atoms with Gasteiger partial charge in [-0.3, -0.25) is 0 Å². The van der Waals surface area contributed by atoms with E-state index in [0.717, 1.165) is 6.42 Å². The van der Waals surface area contributed by atoms with E-state index in [1.54, 1.807) is 0 Å². The first-order valence-electron chi connectivity index (χ1n) is 6.72. The molecule has 0 heterocycles. The Bertz CT molecular complexity index is 499. The van der Waals surface area contributed by atoms with Crippen LogP contribution < -0.4 is 0 Å². The number of benzene rings is 1. The maximum Gasteiger partial charge on any atom is -0.00167 e. The highest BCUT2D eigenvalue weighted by Crippen LogP contribution is 2.34. The zero-order valence-electron chi connectivity index (χ0n) is 12.3. The van der Waals surface area contributed by atoms with E-state index in [2.05, 4.69) is 51.6 Å². The minimum absolute atomic E-state index is 1.06. The molecule has 0 saturated carbocycles. The second kappa shape index (κ2) is 6.39. The summed E-state index contributed by atoms with van der Waals surface area (Å²) < 4.78 is 0. The van der Waals surface area contributed by atoms with Gasteiger partial charge in [-0.25, -0.2) is 0 Å². The van der Waals surface area contributed by atoms with Gasteiger partial charge in [0.25, 0.3) is 0 Å². The Hall–Kier alpha value is -1.56. The fourth-order valence-corrected chi connectivity index (χ4v) is 2.24. The van der Waals surface area contributed by atoms with Crippen LogP contribution in [-0.2, 0) is 6.42 Å². The molecule has 0 aliphatic heterocycles. The van der Waals surface area contributed by atoms with E-state index in [0.29, 0.717) is 0 Å². The van der Waals surface area contributed by atoms with Crippen LogP contribution in [-0.4, -0.2) is 0 Å². The van der Waals surface area contributed by atoms with Crippen LogP contribution in [0.2, 0.25) is 0 Å². The van der Waals surface area contributed by atoms with Crippen molar-refractivity contribution < 1.29 is 0 Å². The van der Waals surface area contributed by atoms with Crippen LogP contribution in [0.4, 0.5) is 0 Å². The molecule has 0 aromatic heterocycles. The average molecular weight is 240 g/mol. The van der Waals surface area contributed by atoms with Crippen LogP contribution in [0.15, 0.2) is 48.1 Å². The maximum absolute atomic E-state index is 3.80. The number of fused-ring (bicyclic) bond motifs is 1. The van der Waals surface area contributed by atoms with Gasteiger partial charge in [-0.15, -0.1) is 0 Å². The molecule has 0 unspecified atom stereocenters. The molecule has 96 valence electrons. The van der Waals surface area contributed by atoms with Crippen molar-refractivity contribution in [1.82, 2.24) is 0 Å². The van der Waals surface area contributed by atoms with Crippen molar-refractivity contribution in [2.24, 2.45) is 0 Å². The number of hydrogen-bond acceptors (Lipinski definition) is 0. The summed E-state index contributed by atoms with van der Waals surface area (Å²) in [6, 6.07) is 6.72. The third-order valence-electron chi connectivity index (χ3n) is 3.25.